The number of hydrogen-bond donors (Lipinski definition) is 2. The number of piperidine rings is 1. The van der Waals surface area contributed by atoms with Gasteiger partial charge in [0, 0.05) is 41.6 Å². The maximum Gasteiger partial charge on any atom is 0.419 e. The predicted molar refractivity (Wildman–Crippen MR) is 148 cm³/mol. The van der Waals surface area contributed by atoms with Crippen LogP contribution in [0.5, 0.6) is 0 Å². The number of aliphatic hydroxyl groups is 1. The summed E-state index contributed by atoms with van der Waals surface area (Å²) in [5.74, 6) is 5.84. The Morgan fingerprint density at radius 1 is 1.11 bits per heavy atom. The molecule has 7 heteroatoms. The van der Waals surface area contributed by atoms with Crippen LogP contribution in [0, 0.1) is 11.8 Å². The van der Waals surface area contributed by atoms with Gasteiger partial charge in [0.25, 0.3) is 5.91 Å². The molecule has 2 aliphatic heterocycles. The van der Waals surface area contributed by atoms with E-state index in [9.17, 15) is 9.59 Å². The Balaban J connectivity index is 1.64. The SMILES string of the molecule is CC(C)(C)OC(=O)n1c(-c2ccc(C#CCCO)c3c2C(=O)NC3)cc2cc(CN3CCCCC3)ccc21. The molecule has 0 aliphatic carbocycles. The van der Waals surface area contributed by atoms with Gasteiger partial charge in [-0.05, 0) is 76.5 Å². The van der Waals surface area contributed by atoms with E-state index in [0.717, 1.165) is 41.7 Å². The van der Waals surface area contributed by atoms with Crippen LogP contribution >= 0.6 is 0 Å². The second kappa shape index (κ2) is 10.6. The van der Waals surface area contributed by atoms with E-state index in [0.29, 0.717) is 29.8 Å². The molecule has 1 amide bonds. The van der Waals surface area contributed by atoms with E-state index < -0.39 is 11.7 Å². The van der Waals surface area contributed by atoms with Crippen LogP contribution in [0.25, 0.3) is 22.2 Å². The van der Waals surface area contributed by atoms with Gasteiger partial charge in [0.05, 0.1) is 23.4 Å². The molecule has 1 saturated heterocycles. The molecule has 3 aromatic rings. The summed E-state index contributed by atoms with van der Waals surface area (Å²) >= 11 is 0. The zero-order chi connectivity index (χ0) is 26.9. The van der Waals surface area contributed by atoms with Crippen LogP contribution in [0.2, 0.25) is 0 Å². The summed E-state index contributed by atoms with van der Waals surface area (Å²) < 4.78 is 7.40. The minimum absolute atomic E-state index is 0.0137. The number of hydrogen-bond acceptors (Lipinski definition) is 5. The van der Waals surface area contributed by atoms with Crippen molar-refractivity contribution in [1.29, 1.82) is 0 Å². The lowest BCUT2D eigenvalue weighted by Crippen LogP contribution is -2.29. The highest BCUT2D eigenvalue weighted by molar-refractivity contribution is 6.07. The fraction of sp³-hybridized carbons (Fsp3) is 0.419. The van der Waals surface area contributed by atoms with Gasteiger partial charge in [-0.2, -0.15) is 0 Å². The monoisotopic (exact) mass is 513 g/mol. The van der Waals surface area contributed by atoms with Gasteiger partial charge in [0.15, 0.2) is 0 Å². The van der Waals surface area contributed by atoms with Crippen LogP contribution in [0.1, 0.15) is 73.5 Å². The molecule has 2 N–H and O–H groups in total. The molecule has 0 bridgehead atoms. The average Bonchev–Trinajstić information content (AvgIpc) is 3.45. The first-order chi connectivity index (χ1) is 18.2. The van der Waals surface area contributed by atoms with E-state index in [-0.39, 0.29) is 12.5 Å². The first-order valence-corrected chi connectivity index (χ1v) is 13.4. The predicted octanol–water partition coefficient (Wildman–Crippen LogP) is 5.05. The largest absolute Gasteiger partial charge is 0.443 e. The Kier molecular flexibility index (Phi) is 7.29. The quantitative estimate of drug-likeness (QED) is 0.477. The highest BCUT2D eigenvalue weighted by Crippen LogP contribution is 2.36. The second-order valence-corrected chi connectivity index (χ2v) is 11.0. The number of aromatic nitrogens is 1. The summed E-state index contributed by atoms with van der Waals surface area (Å²) in [6.07, 6.45) is 3.64. The van der Waals surface area contributed by atoms with Crippen molar-refractivity contribution in [2.24, 2.45) is 0 Å². The number of carbonyl (C=O) groups excluding carboxylic acids is 2. The molecule has 1 aromatic heterocycles. The lowest BCUT2D eigenvalue weighted by Gasteiger charge is -2.26. The molecule has 0 radical (unpaired) electrons. The number of fused-ring (bicyclic) bond motifs is 2. The third-order valence-electron chi connectivity index (χ3n) is 7.00. The third kappa shape index (κ3) is 5.33. The molecule has 1 fully saturated rings. The minimum Gasteiger partial charge on any atom is -0.443 e. The minimum atomic E-state index is -0.676. The van der Waals surface area contributed by atoms with Gasteiger partial charge in [0.1, 0.15) is 5.60 Å². The number of ether oxygens (including phenoxy) is 1. The maximum atomic E-state index is 13.5. The van der Waals surface area contributed by atoms with Crippen molar-refractivity contribution in [2.75, 3.05) is 19.7 Å². The van der Waals surface area contributed by atoms with Crippen molar-refractivity contribution in [3.05, 3.63) is 58.7 Å². The number of nitrogens with zero attached hydrogens (tertiary/aromatic N) is 2. The number of nitrogens with one attached hydrogen (secondary N) is 1. The molecule has 0 saturated carbocycles. The van der Waals surface area contributed by atoms with Crippen molar-refractivity contribution >= 4 is 22.9 Å². The Morgan fingerprint density at radius 2 is 1.89 bits per heavy atom. The number of carbonyl (C=O) groups is 2. The second-order valence-electron chi connectivity index (χ2n) is 11.0. The number of amides is 1. The van der Waals surface area contributed by atoms with E-state index >= 15 is 0 Å². The molecule has 3 heterocycles. The third-order valence-corrected chi connectivity index (χ3v) is 7.00. The highest BCUT2D eigenvalue weighted by atomic mass is 16.6. The summed E-state index contributed by atoms with van der Waals surface area (Å²) in [5, 5.41) is 12.9. The van der Waals surface area contributed by atoms with Gasteiger partial charge in [-0.15, -0.1) is 0 Å². The molecule has 2 aromatic carbocycles. The molecule has 2 aliphatic rings. The standard InChI is InChI=1S/C31H35N3O4/c1-31(2,3)38-30(37)34-26-13-10-21(20-33-14-6-4-7-15-33)17-23(26)18-27(34)24-12-11-22(9-5-8-16-35)25-19-32-29(36)28(24)25/h10-13,17-18,35H,4,6-8,14-16,19-20H2,1-3H3,(H,32,36). The van der Waals surface area contributed by atoms with Gasteiger partial charge >= 0.3 is 6.09 Å². The summed E-state index contributed by atoms with van der Waals surface area (Å²) in [7, 11) is 0. The summed E-state index contributed by atoms with van der Waals surface area (Å²) in [6, 6.07) is 11.9. The van der Waals surface area contributed by atoms with Crippen molar-refractivity contribution in [1.82, 2.24) is 14.8 Å². The molecular formula is C31H35N3O4. The van der Waals surface area contributed by atoms with E-state index in [1.807, 2.05) is 45.0 Å². The molecule has 38 heavy (non-hydrogen) atoms. The molecule has 0 atom stereocenters. The fourth-order valence-corrected chi connectivity index (χ4v) is 5.33. The molecule has 7 nitrogen and oxygen atoms in total. The highest BCUT2D eigenvalue weighted by Gasteiger charge is 2.30. The van der Waals surface area contributed by atoms with Gasteiger partial charge in [-0.3, -0.25) is 9.69 Å². The molecule has 198 valence electrons. The van der Waals surface area contributed by atoms with Crippen molar-refractivity contribution in [3.63, 3.8) is 0 Å². The van der Waals surface area contributed by atoms with Crippen LogP contribution < -0.4 is 5.32 Å². The summed E-state index contributed by atoms with van der Waals surface area (Å²) in [5.41, 5.74) is 4.64. The smallest absolute Gasteiger partial charge is 0.419 e. The van der Waals surface area contributed by atoms with E-state index in [1.54, 1.807) is 4.57 Å². The fourth-order valence-electron chi connectivity index (χ4n) is 5.33. The van der Waals surface area contributed by atoms with Crippen molar-refractivity contribution in [3.8, 4) is 23.1 Å². The van der Waals surface area contributed by atoms with E-state index in [4.69, 9.17) is 9.84 Å². The Hall–Kier alpha value is -3.60. The Labute approximate surface area is 223 Å². The number of rotatable bonds is 4. The zero-order valence-electron chi connectivity index (χ0n) is 22.4. The lowest BCUT2D eigenvalue weighted by atomic mass is 9.96. The van der Waals surface area contributed by atoms with Crippen LogP contribution in [0.15, 0.2) is 36.4 Å². The topological polar surface area (TPSA) is 83.8 Å². The van der Waals surface area contributed by atoms with E-state index in [1.165, 1.54) is 24.8 Å². The first kappa shape index (κ1) is 26.0. The van der Waals surface area contributed by atoms with Crippen molar-refractivity contribution < 1.29 is 19.4 Å². The Morgan fingerprint density at radius 3 is 2.63 bits per heavy atom. The van der Waals surface area contributed by atoms with Gasteiger partial charge in [-0.1, -0.05) is 30.4 Å². The van der Waals surface area contributed by atoms with E-state index in [2.05, 4.69) is 34.2 Å². The van der Waals surface area contributed by atoms with Gasteiger partial charge < -0.3 is 15.2 Å². The summed E-state index contributed by atoms with van der Waals surface area (Å²) in [6.45, 7) is 8.99. The van der Waals surface area contributed by atoms with Gasteiger partial charge in [-0.25, -0.2) is 9.36 Å². The van der Waals surface area contributed by atoms with Crippen LogP contribution in [0.3, 0.4) is 0 Å². The normalized spacial score (nSPS) is 15.6. The lowest BCUT2D eigenvalue weighted by molar-refractivity contribution is 0.0547. The van der Waals surface area contributed by atoms with Gasteiger partial charge in [0.2, 0.25) is 0 Å². The number of benzene rings is 2. The Bertz CT molecular complexity index is 1450. The molecule has 0 spiro atoms. The summed E-state index contributed by atoms with van der Waals surface area (Å²) in [4.78, 5) is 29.0. The molecule has 5 rings (SSSR count). The average molecular weight is 514 g/mol. The molecular weight excluding hydrogens is 478 g/mol. The maximum absolute atomic E-state index is 13.5. The number of aliphatic hydroxyl groups excluding tert-OH is 1. The van der Waals surface area contributed by atoms with Crippen LogP contribution in [-0.4, -0.2) is 51.9 Å². The molecule has 0 unspecified atom stereocenters. The van der Waals surface area contributed by atoms with Crippen molar-refractivity contribution in [2.45, 2.75) is 65.1 Å². The zero-order valence-corrected chi connectivity index (χ0v) is 22.4. The first-order valence-electron chi connectivity index (χ1n) is 13.4. The van der Waals surface area contributed by atoms with Crippen LogP contribution in [0.4, 0.5) is 4.79 Å². The van der Waals surface area contributed by atoms with Crippen LogP contribution in [-0.2, 0) is 17.8 Å². The number of likely N-dealkylation sites (tertiary alicyclic amines) is 1.